The summed E-state index contributed by atoms with van der Waals surface area (Å²) in [6, 6.07) is 0.616. The van der Waals surface area contributed by atoms with E-state index in [0.717, 1.165) is 12.3 Å². The highest BCUT2D eigenvalue weighted by Crippen LogP contribution is 2.08. The van der Waals surface area contributed by atoms with Gasteiger partial charge in [0.15, 0.2) is 0 Å². The van der Waals surface area contributed by atoms with Crippen molar-refractivity contribution in [1.82, 2.24) is 5.32 Å². The van der Waals surface area contributed by atoms with Crippen LogP contribution < -0.4 is 5.32 Å². The number of unbranched alkanes of at least 4 members (excludes halogenated alkanes) is 1. The molecule has 0 aromatic carbocycles. The van der Waals surface area contributed by atoms with Crippen molar-refractivity contribution >= 4 is 17.7 Å². The molecule has 0 saturated carbocycles. The summed E-state index contributed by atoms with van der Waals surface area (Å²) in [6.45, 7) is 7.86. The summed E-state index contributed by atoms with van der Waals surface area (Å²) in [4.78, 5) is 11.0. The third-order valence-corrected chi connectivity index (χ3v) is 3.46. The van der Waals surface area contributed by atoms with Gasteiger partial charge in [0.2, 0.25) is 0 Å². The molecule has 0 fully saturated rings. The van der Waals surface area contributed by atoms with Crippen molar-refractivity contribution in [2.45, 2.75) is 52.5 Å². The van der Waals surface area contributed by atoms with E-state index in [9.17, 15) is 4.79 Å². The first-order chi connectivity index (χ1) is 8.20. The maximum Gasteiger partial charge on any atom is 0.315 e. The molecule has 3 nitrogen and oxygen atoms in total. The van der Waals surface area contributed by atoms with Crippen LogP contribution >= 0.6 is 11.8 Å². The number of thioether (sulfide) groups is 1. The average Bonchev–Trinajstić information content (AvgIpc) is 2.31. The molecule has 0 bridgehead atoms. The maximum atomic E-state index is 11.0. The smallest absolute Gasteiger partial charge is 0.315 e. The van der Waals surface area contributed by atoms with Crippen LogP contribution in [0.1, 0.15) is 46.5 Å². The van der Waals surface area contributed by atoms with Crippen LogP contribution in [0.4, 0.5) is 0 Å². The van der Waals surface area contributed by atoms with Crippen LogP contribution in [0, 0.1) is 0 Å². The molecular formula is C13H27NO2S. The molecular weight excluding hydrogens is 234 g/mol. The van der Waals surface area contributed by atoms with Crippen molar-refractivity contribution in [3.8, 4) is 0 Å². The van der Waals surface area contributed by atoms with Crippen LogP contribution in [0.2, 0.25) is 0 Å². The van der Waals surface area contributed by atoms with Crippen LogP contribution in [-0.2, 0) is 9.53 Å². The Bertz CT molecular complexity index is 188. The lowest BCUT2D eigenvalue weighted by molar-refractivity contribution is -0.139. The zero-order valence-electron chi connectivity index (χ0n) is 11.5. The van der Waals surface area contributed by atoms with Gasteiger partial charge in [-0.2, -0.15) is 11.8 Å². The number of rotatable bonds is 11. The predicted octanol–water partition coefficient (Wildman–Crippen LogP) is 2.84. The molecule has 4 heteroatoms. The van der Waals surface area contributed by atoms with E-state index in [2.05, 4.69) is 19.2 Å². The quantitative estimate of drug-likeness (QED) is 0.458. The Kier molecular flexibility index (Phi) is 12.1. The molecule has 0 aromatic rings. The van der Waals surface area contributed by atoms with Crippen LogP contribution in [0.25, 0.3) is 0 Å². The Morgan fingerprint density at radius 3 is 2.76 bits per heavy atom. The van der Waals surface area contributed by atoms with Crippen LogP contribution in [-0.4, -0.2) is 36.7 Å². The lowest BCUT2D eigenvalue weighted by Gasteiger charge is -2.12. The fourth-order valence-electron chi connectivity index (χ4n) is 1.51. The first kappa shape index (κ1) is 16.8. The average molecular weight is 261 g/mol. The summed E-state index contributed by atoms with van der Waals surface area (Å²) in [5.74, 6) is 1.46. The number of carbonyl (C=O) groups excluding carboxylic acids is 1. The van der Waals surface area contributed by atoms with E-state index in [4.69, 9.17) is 4.74 Å². The van der Waals surface area contributed by atoms with E-state index < -0.39 is 0 Å². The molecule has 102 valence electrons. The largest absolute Gasteiger partial charge is 0.465 e. The lowest BCUT2D eigenvalue weighted by atomic mass is 10.1. The Balaban J connectivity index is 3.20. The van der Waals surface area contributed by atoms with Gasteiger partial charge in [0.05, 0.1) is 12.4 Å². The van der Waals surface area contributed by atoms with Gasteiger partial charge in [-0.3, -0.25) is 4.79 Å². The highest BCUT2D eigenvalue weighted by atomic mass is 32.2. The molecule has 0 saturated heterocycles. The second-order valence-corrected chi connectivity index (χ2v) is 5.31. The molecule has 0 rings (SSSR count). The van der Waals surface area contributed by atoms with Crippen LogP contribution in [0.15, 0.2) is 0 Å². The molecule has 0 aliphatic rings. The van der Waals surface area contributed by atoms with Gasteiger partial charge in [-0.1, -0.05) is 13.3 Å². The van der Waals surface area contributed by atoms with Crippen molar-refractivity contribution in [3.63, 3.8) is 0 Å². The standard InChI is InChI=1S/C13H27NO2S/c1-4-9-14-12(3)8-6-7-10-17-11-13(15)16-5-2/h12,14H,4-11H2,1-3H3. The Labute approximate surface area is 110 Å². The van der Waals surface area contributed by atoms with E-state index in [1.54, 1.807) is 11.8 Å². The van der Waals surface area contributed by atoms with Gasteiger partial charge < -0.3 is 10.1 Å². The molecule has 1 N–H and O–H groups in total. The summed E-state index contributed by atoms with van der Waals surface area (Å²) >= 11 is 1.68. The van der Waals surface area contributed by atoms with E-state index in [0.29, 0.717) is 18.4 Å². The fourth-order valence-corrected chi connectivity index (χ4v) is 2.31. The first-order valence-corrected chi connectivity index (χ1v) is 7.82. The number of hydrogen-bond acceptors (Lipinski definition) is 4. The highest BCUT2D eigenvalue weighted by molar-refractivity contribution is 7.99. The number of nitrogens with one attached hydrogen (secondary N) is 1. The minimum atomic E-state index is -0.0875. The predicted molar refractivity (Wildman–Crippen MR) is 75.6 cm³/mol. The van der Waals surface area contributed by atoms with Gasteiger partial charge in [0.25, 0.3) is 0 Å². The third kappa shape index (κ3) is 12.0. The number of hydrogen-bond donors (Lipinski definition) is 1. The van der Waals surface area contributed by atoms with Gasteiger partial charge >= 0.3 is 5.97 Å². The Morgan fingerprint density at radius 1 is 1.35 bits per heavy atom. The molecule has 0 amide bonds. The topological polar surface area (TPSA) is 38.3 Å². The van der Waals surface area contributed by atoms with E-state index in [1.807, 2.05) is 6.92 Å². The summed E-state index contributed by atoms with van der Waals surface area (Å²) in [6.07, 6.45) is 4.83. The molecule has 0 heterocycles. The van der Waals surface area contributed by atoms with Gasteiger partial charge in [-0.25, -0.2) is 0 Å². The third-order valence-electron chi connectivity index (χ3n) is 2.44. The second kappa shape index (κ2) is 12.2. The van der Waals surface area contributed by atoms with Crippen molar-refractivity contribution in [3.05, 3.63) is 0 Å². The number of carbonyl (C=O) groups is 1. The number of ether oxygens (including phenoxy) is 1. The summed E-state index contributed by atoms with van der Waals surface area (Å²) < 4.78 is 4.86. The van der Waals surface area contributed by atoms with Crippen molar-refractivity contribution in [2.75, 3.05) is 24.7 Å². The summed E-state index contributed by atoms with van der Waals surface area (Å²) in [5, 5.41) is 3.48. The monoisotopic (exact) mass is 261 g/mol. The van der Waals surface area contributed by atoms with Gasteiger partial charge in [0, 0.05) is 6.04 Å². The van der Waals surface area contributed by atoms with Crippen molar-refractivity contribution in [1.29, 1.82) is 0 Å². The molecule has 0 radical (unpaired) electrons. The van der Waals surface area contributed by atoms with Crippen LogP contribution in [0.3, 0.4) is 0 Å². The normalized spacial score (nSPS) is 12.4. The minimum absolute atomic E-state index is 0.0875. The van der Waals surface area contributed by atoms with Crippen molar-refractivity contribution in [2.24, 2.45) is 0 Å². The molecule has 0 aliphatic heterocycles. The van der Waals surface area contributed by atoms with Gasteiger partial charge in [-0.15, -0.1) is 0 Å². The van der Waals surface area contributed by atoms with Gasteiger partial charge in [-0.05, 0) is 45.4 Å². The van der Waals surface area contributed by atoms with E-state index in [-0.39, 0.29) is 5.97 Å². The molecule has 17 heavy (non-hydrogen) atoms. The molecule has 0 spiro atoms. The fraction of sp³-hybridized carbons (Fsp3) is 0.923. The first-order valence-electron chi connectivity index (χ1n) is 6.67. The lowest BCUT2D eigenvalue weighted by Crippen LogP contribution is -2.26. The Hall–Kier alpha value is -0.220. The van der Waals surface area contributed by atoms with E-state index in [1.165, 1.54) is 25.7 Å². The highest BCUT2D eigenvalue weighted by Gasteiger charge is 2.02. The van der Waals surface area contributed by atoms with E-state index >= 15 is 0 Å². The van der Waals surface area contributed by atoms with Crippen molar-refractivity contribution < 1.29 is 9.53 Å². The second-order valence-electron chi connectivity index (χ2n) is 4.21. The summed E-state index contributed by atoms with van der Waals surface area (Å²) in [7, 11) is 0. The number of esters is 1. The summed E-state index contributed by atoms with van der Waals surface area (Å²) in [5.41, 5.74) is 0. The molecule has 1 unspecified atom stereocenters. The molecule has 1 atom stereocenters. The Morgan fingerprint density at radius 2 is 2.12 bits per heavy atom. The minimum Gasteiger partial charge on any atom is -0.465 e. The zero-order chi connectivity index (χ0) is 12.9. The SMILES string of the molecule is CCCNC(C)CCCCSCC(=O)OCC. The zero-order valence-corrected chi connectivity index (χ0v) is 12.3. The van der Waals surface area contributed by atoms with Crippen LogP contribution in [0.5, 0.6) is 0 Å². The maximum absolute atomic E-state index is 11.0. The van der Waals surface area contributed by atoms with Gasteiger partial charge in [0.1, 0.15) is 0 Å². The molecule has 0 aliphatic carbocycles. The molecule has 0 aromatic heterocycles.